The number of aliphatic hydroxyl groups excluding tert-OH is 1. The molecule has 0 bridgehead atoms. The fraction of sp³-hybridized carbons (Fsp3) is 0.438. The van der Waals surface area contributed by atoms with Gasteiger partial charge in [0.2, 0.25) is 5.91 Å². The second-order valence-corrected chi connectivity index (χ2v) is 5.56. The number of nitrogens with zero attached hydrogens (tertiary/aromatic N) is 3. The molecular weight excluding hydrogens is 298 g/mol. The van der Waals surface area contributed by atoms with Crippen LogP contribution in [0.5, 0.6) is 5.75 Å². The molecule has 1 atom stereocenters. The van der Waals surface area contributed by atoms with Crippen molar-refractivity contribution < 1.29 is 19.2 Å². The van der Waals surface area contributed by atoms with Gasteiger partial charge in [-0.15, -0.1) is 0 Å². The first kappa shape index (κ1) is 15.5. The van der Waals surface area contributed by atoms with E-state index < -0.39 is 0 Å². The van der Waals surface area contributed by atoms with Gasteiger partial charge in [-0.25, -0.2) is 0 Å². The summed E-state index contributed by atoms with van der Waals surface area (Å²) in [6, 6.07) is 7.53. The molecule has 7 heteroatoms. The average molecular weight is 317 g/mol. The van der Waals surface area contributed by atoms with E-state index >= 15 is 0 Å². The molecule has 0 aliphatic carbocycles. The third-order valence-electron chi connectivity index (χ3n) is 4.01. The van der Waals surface area contributed by atoms with Crippen molar-refractivity contribution in [1.29, 1.82) is 0 Å². The highest BCUT2D eigenvalue weighted by atomic mass is 16.5. The highest BCUT2D eigenvalue weighted by molar-refractivity contribution is 5.79. The number of carbonyl (C=O) groups is 1. The molecule has 122 valence electrons. The molecule has 2 aromatic rings. The summed E-state index contributed by atoms with van der Waals surface area (Å²) in [6.07, 6.45) is 1.15. The number of aromatic nitrogens is 2. The Morgan fingerprint density at radius 3 is 3.13 bits per heavy atom. The third-order valence-corrected chi connectivity index (χ3v) is 4.01. The van der Waals surface area contributed by atoms with Crippen LogP contribution in [0.25, 0.3) is 0 Å². The van der Waals surface area contributed by atoms with E-state index in [9.17, 15) is 4.79 Å². The summed E-state index contributed by atoms with van der Waals surface area (Å²) in [5, 5.41) is 12.8. The van der Waals surface area contributed by atoms with E-state index in [1.54, 1.807) is 7.11 Å². The average Bonchev–Trinajstić information content (AvgIpc) is 3.23. The largest absolute Gasteiger partial charge is 0.497 e. The highest BCUT2D eigenvalue weighted by Gasteiger charge is 2.30. The van der Waals surface area contributed by atoms with Gasteiger partial charge in [0.05, 0.1) is 13.5 Å². The fourth-order valence-electron chi connectivity index (χ4n) is 2.76. The number of rotatable bonds is 5. The number of benzene rings is 1. The lowest BCUT2D eigenvalue weighted by atomic mass is 10.1. The third kappa shape index (κ3) is 3.50. The lowest BCUT2D eigenvalue weighted by Crippen LogP contribution is -2.30. The van der Waals surface area contributed by atoms with Gasteiger partial charge in [-0.3, -0.25) is 4.79 Å². The topological polar surface area (TPSA) is 88.7 Å². The molecule has 1 aromatic carbocycles. The minimum atomic E-state index is -0.266. The Morgan fingerprint density at radius 2 is 2.39 bits per heavy atom. The highest BCUT2D eigenvalue weighted by Crippen LogP contribution is 2.26. The predicted molar refractivity (Wildman–Crippen MR) is 80.9 cm³/mol. The first-order valence-electron chi connectivity index (χ1n) is 7.53. The lowest BCUT2D eigenvalue weighted by Gasteiger charge is -2.16. The lowest BCUT2D eigenvalue weighted by molar-refractivity contribution is -0.129. The molecular formula is C16H19N3O4. The first-order chi connectivity index (χ1) is 11.2. The summed E-state index contributed by atoms with van der Waals surface area (Å²) in [6.45, 7) is 0.988. The van der Waals surface area contributed by atoms with Crippen molar-refractivity contribution in [3.63, 3.8) is 0 Å². The van der Waals surface area contributed by atoms with Crippen molar-refractivity contribution in [2.45, 2.75) is 25.4 Å². The van der Waals surface area contributed by atoms with Crippen LogP contribution in [0.4, 0.5) is 0 Å². The molecule has 23 heavy (non-hydrogen) atoms. The molecule has 0 spiro atoms. The van der Waals surface area contributed by atoms with Crippen LogP contribution in [0.1, 0.15) is 29.6 Å². The van der Waals surface area contributed by atoms with E-state index in [1.165, 1.54) is 0 Å². The SMILES string of the molecule is COc1cccc(CC(=O)N2CCC(c3noc(CO)n3)C2)c1. The summed E-state index contributed by atoms with van der Waals surface area (Å²) in [4.78, 5) is 18.4. The van der Waals surface area contributed by atoms with Crippen LogP contribution < -0.4 is 4.74 Å². The van der Waals surface area contributed by atoms with Crippen LogP contribution in [-0.4, -0.2) is 46.3 Å². The normalized spacial score (nSPS) is 17.5. The summed E-state index contributed by atoms with van der Waals surface area (Å²) in [5.41, 5.74) is 0.930. The summed E-state index contributed by atoms with van der Waals surface area (Å²) < 4.78 is 10.1. The Kier molecular flexibility index (Phi) is 4.57. The van der Waals surface area contributed by atoms with E-state index in [2.05, 4.69) is 10.1 Å². The Morgan fingerprint density at radius 1 is 1.52 bits per heavy atom. The van der Waals surface area contributed by atoms with Crippen molar-refractivity contribution >= 4 is 5.91 Å². The number of hydrogen-bond donors (Lipinski definition) is 1. The number of methoxy groups -OCH3 is 1. The quantitative estimate of drug-likeness (QED) is 0.889. The van der Waals surface area contributed by atoms with Crippen LogP contribution in [0.3, 0.4) is 0 Å². The summed E-state index contributed by atoms with van der Waals surface area (Å²) in [5.74, 6) is 1.66. The smallest absolute Gasteiger partial charge is 0.252 e. The second-order valence-electron chi connectivity index (χ2n) is 5.56. The molecule has 2 heterocycles. The van der Waals surface area contributed by atoms with Gasteiger partial charge in [-0.05, 0) is 24.1 Å². The monoisotopic (exact) mass is 317 g/mol. The number of carbonyl (C=O) groups excluding carboxylic acids is 1. The van der Waals surface area contributed by atoms with Gasteiger partial charge in [-0.2, -0.15) is 4.98 Å². The van der Waals surface area contributed by atoms with Gasteiger partial charge >= 0.3 is 0 Å². The minimum absolute atomic E-state index is 0.0632. The van der Waals surface area contributed by atoms with Crippen molar-refractivity contribution in [3.8, 4) is 5.75 Å². The molecule has 1 amide bonds. The first-order valence-corrected chi connectivity index (χ1v) is 7.53. The number of aliphatic hydroxyl groups is 1. The maximum atomic E-state index is 12.4. The number of amides is 1. The van der Waals surface area contributed by atoms with Crippen molar-refractivity contribution in [3.05, 3.63) is 41.5 Å². The maximum Gasteiger partial charge on any atom is 0.252 e. The molecule has 1 N–H and O–H groups in total. The number of ether oxygens (including phenoxy) is 1. The molecule has 1 unspecified atom stereocenters. The number of hydrogen-bond acceptors (Lipinski definition) is 6. The van der Waals surface area contributed by atoms with Crippen molar-refractivity contribution in [2.24, 2.45) is 0 Å². The molecule has 1 aliphatic rings. The molecule has 0 saturated carbocycles. The molecule has 1 aliphatic heterocycles. The van der Waals surface area contributed by atoms with E-state index in [0.29, 0.717) is 25.3 Å². The van der Waals surface area contributed by atoms with Crippen LogP contribution in [0.2, 0.25) is 0 Å². The van der Waals surface area contributed by atoms with Crippen LogP contribution >= 0.6 is 0 Å². The predicted octanol–water partition coefficient (Wildman–Crippen LogP) is 1.13. The molecule has 7 nitrogen and oxygen atoms in total. The second kappa shape index (κ2) is 6.78. The van der Waals surface area contributed by atoms with Gasteiger partial charge in [0.25, 0.3) is 5.89 Å². The van der Waals surface area contributed by atoms with Crippen molar-refractivity contribution in [2.75, 3.05) is 20.2 Å². The zero-order valence-corrected chi connectivity index (χ0v) is 12.9. The molecule has 1 fully saturated rings. The Balaban J connectivity index is 1.60. The van der Waals surface area contributed by atoms with Gasteiger partial charge in [0.1, 0.15) is 12.4 Å². The van der Waals surface area contributed by atoms with E-state index in [1.807, 2.05) is 29.2 Å². The maximum absolute atomic E-state index is 12.4. The van der Waals surface area contributed by atoms with Gasteiger partial charge in [0, 0.05) is 19.0 Å². The fourth-order valence-corrected chi connectivity index (χ4v) is 2.76. The molecule has 1 aromatic heterocycles. The Labute approximate surface area is 133 Å². The van der Waals surface area contributed by atoms with Gasteiger partial charge < -0.3 is 19.3 Å². The summed E-state index contributed by atoms with van der Waals surface area (Å²) >= 11 is 0. The molecule has 1 saturated heterocycles. The molecule has 0 radical (unpaired) electrons. The van der Waals surface area contributed by atoms with Gasteiger partial charge in [0.15, 0.2) is 5.82 Å². The molecule has 3 rings (SSSR count). The van der Waals surface area contributed by atoms with E-state index in [0.717, 1.165) is 17.7 Å². The Hall–Kier alpha value is -2.41. The standard InChI is InChI=1S/C16H19N3O4/c1-22-13-4-2-3-11(7-13)8-15(21)19-6-5-12(9-19)16-17-14(10-20)23-18-16/h2-4,7,12,20H,5-6,8-10H2,1H3. The van der Waals surface area contributed by atoms with E-state index in [4.69, 9.17) is 14.4 Å². The Bertz CT molecular complexity index is 685. The van der Waals surface area contributed by atoms with Gasteiger partial charge in [-0.1, -0.05) is 17.3 Å². The zero-order chi connectivity index (χ0) is 16.2. The summed E-state index contributed by atoms with van der Waals surface area (Å²) in [7, 11) is 1.61. The van der Waals surface area contributed by atoms with Crippen LogP contribution in [-0.2, 0) is 17.8 Å². The number of likely N-dealkylation sites (tertiary alicyclic amines) is 1. The zero-order valence-electron chi connectivity index (χ0n) is 12.9. The van der Waals surface area contributed by atoms with Crippen molar-refractivity contribution in [1.82, 2.24) is 15.0 Å². The van der Waals surface area contributed by atoms with Crippen LogP contribution in [0.15, 0.2) is 28.8 Å². The van der Waals surface area contributed by atoms with E-state index in [-0.39, 0.29) is 24.3 Å². The van der Waals surface area contributed by atoms with Crippen LogP contribution in [0, 0.1) is 0 Å². The minimum Gasteiger partial charge on any atom is -0.497 e.